The highest BCUT2D eigenvalue weighted by Crippen LogP contribution is 2.33. The van der Waals surface area contributed by atoms with Crippen LogP contribution in [0.15, 0.2) is 24.3 Å². The Bertz CT molecular complexity index is 1030. The van der Waals surface area contributed by atoms with Crippen molar-refractivity contribution in [1.29, 1.82) is 0 Å². The molecule has 10 heteroatoms. The predicted octanol–water partition coefficient (Wildman–Crippen LogP) is 3.31. The lowest BCUT2D eigenvalue weighted by molar-refractivity contribution is -0.176. The summed E-state index contributed by atoms with van der Waals surface area (Å²) < 4.78 is 49.4. The molecule has 1 aliphatic carbocycles. The first kappa shape index (κ1) is 23.2. The lowest BCUT2D eigenvalue weighted by Crippen LogP contribution is -2.43. The number of rotatable bonds is 8. The van der Waals surface area contributed by atoms with E-state index in [-0.39, 0.29) is 18.6 Å². The summed E-state index contributed by atoms with van der Waals surface area (Å²) in [5.74, 6) is 1.33. The molecular formula is C24H29F3N4O3. The van der Waals surface area contributed by atoms with Crippen LogP contribution in [0.3, 0.4) is 0 Å². The van der Waals surface area contributed by atoms with Gasteiger partial charge < -0.3 is 14.8 Å². The number of carbonyl (C=O) groups is 1. The van der Waals surface area contributed by atoms with Gasteiger partial charge in [-0.15, -0.1) is 0 Å². The molecule has 2 aromatic rings. The fourth-order valence-electron chi connectivity index (χ4n) is 4.57. The average Bonchev–Trinajstić information content (AvgIpc) is 3.53. The van der Waals surface area contributed by atoms with Crippen LogP contribution in [0.25, 0.3) is 0 Å². The van der Waals surface area contributed by atoms with Gasteiger partial charge in [0, 0.05) is 13.1 Å². The second kappa shape index (κ2) is 9.58. The molecule has 1 aromatic carbocycles. The van der Waals surface area contributed by atoms with Gasteiger partial charge in [-0.2, -0.15) is 18.3 Å². The van der Waals surface area contributed by atoms with Gasteiger partial charge >= 0.3 is 6.18 Å². The molecule has 1 aromatic heterocycles. The Labute approximate surface area is 196 Å². The molecular weight excluding hydrogens is 449 g/mol. The zero-order valence-corrected chi connectivity index (χ0v) is 18.9. The summed E-state index contributed by atoms with van der Waals surface area (Å²) in [5, 5.41) is 7.49. The summed E-state index contributed by atoms with van der Waals surface area (Å²) in [5.41, 5.74) is 2.92. The SMILES string of the molecule is O=C(N[C@H]1COc2ccc(COCC(F)(F)F)cc2C1)c1cc2n(n1)CCN(CCC1CC1)C2. The number of benzene rings is 1. The third-order valence-electron chi connectivity index (χ3n) is 6.56. The van der Waals surface area contributed by atoms with E-state index < -0.39 is 12.8 Å². The molecule has 2 aliphatic heterocycles. The maximum atomic E-state index is 12.9. The first-order chi connectivity index (χ1) is 16.3. The molecule has 1 saturated carbocycles. The lowest BCUT2D eigenvalue weighted by atomic mass is 10.0. The topological polar surface area (TPSA) is 68.6 Å². The van der Waals surface area contributed by atoms with Crippen molar-refractivity contribution in [3.05, 3.63) is 46.8 Å². The molecule has 0 saturated heterocycles. The molecule has 34 heavy (non-hydrogen) atoms. The van der Waals surface area contributed by atoms with Gasteiger partial charge in [0.25, 0.3) is 5.91 Å². The molecule has 1 amide bonds. The van der Waals surface area contributed by atoms with Crippen LogP contribution in [-0.2, 0) is 30.9 Å². The molecule has 3 aliphatic rings. The van der Waals surface area contributed by atoms with Crippen molar-refractivity contribution in [3.8, 4) is 5.75 Å². The minimum Gasteiger partial charge on any atom is -0.491 e. The minimum absolute atomic E-state index is 0.137. The van der Waals surface area contributed by atoms with E-state index in [9.17, 15) is 18.0 Å². The predicted molar refractivity (Wildman–Crippen MR) is 117 cm³/mol. The summed E-state index contributed by atoms with van der Waals surface area (Å²) in [4.78, 5) is 15.3. The van der Waals surface area contributed by atoms with Gasteiger partial charge in [-0.05, 0) is 54.6 Å². The zero-order valence-electron chi connectivity index (χ0n) is 18.9. The van der Waals surface area contributed by atoms with E-state index in [2.05, 4.69) is 15.3 Å². The van der Waals surface area contributed by atoms with E-state index in [0.717, 1.165) is 43.4 Å². The van der Waals surface area contributed by atoms with E-state index in [1.165, 1.54) is 19.3 Å². The Morgan fingerprint density at radius 3 is 2.88 bits per heavy atom. The van der Waals surface area contributed by atoms with Crippen molar-refractivity contribution in [1.82, 2.24) is 20.0 Å². The van der Waals surface area contributed by atoms with Crippen LogP contribution in [-0.4, -0.2) is 59.1 Å². The summed E-state index contributed by atoms with van der Waals surface area (Å²) in [6, 6.07) is 6.82. The number of carbonyl (C=O) groups excluding carboxylic acids is 1. The van der Waals surface area contributed by atoms with Crippen molar-refractivity contribution in [2.24, 2.45) is 5.92 Å². The number of alkyl halides is 3. The molecule has 1 atom stereocenters. The van der Waals surface area contributed by atoms with Gasteiger partial charge in [0.1, 0.15) is 19.0 Å². The highest BCUT2D eigenvalue weighted by atomic mass is 19.4. The molecule has 0 unspecified atom stereocenters. The summed E-state index contributed by atoms with van der Waals surface area (Å²) in [7, 11) is 0. The third kappa shape index (κ3) is 5.90. The van der Waals surface area contributed by atoms with Crippen LogP contribution in [0, 0.1) is 5.92 Å². The Morgan fingerprint density at radius 1 is 1.24 bits per heavy atom. The molecule has 1 fully saturated rings. The average molecular weight is 479 g/mol. The van der Waals surface area contributed by atoms with Crippen LogP contribution < -0.4 is 10.1 Å². The summed E-state index contributed by atoms with van der Waals surface area (Å²) in [6.45, 7) is 2.54. The molecule has 5 rings (SSSR count). The fourth-order valence-corrected chi connectivity index (χ4v) is 4.57. The smallest absolute Gasteiger partial charge is 0.411 e. The van der Waals surface area contributed by atoms with E-state index in [1.807, 2.05) is 10.7 Å². The Morgan fingerprint density at radius 2 is 2.09 bits per heavy atom. The molecule has 184 valence electrons. The number of aromatic nitrogens is 2. The van der Waals surface area contributed by atoms with Crippen LogP contribution >= 0.6 is 0 Å². The minimum atomic E-state index is -4.35. The molecule has 0 spiro atoms. The van der Waals surface area contributed by atoms with Crippen LogP contribution in [0.1, 0.15) is 46.6 Å². The van der Waals surface area contributed by atoms with Crippen molar-refractivity contribution in [2.45, 2.75) is 57.6 Å². The zero-order chi connectivity index (χ0) is 23.7. The van der Waals surface area contributed by atoms with Gasteiger partial charge in [0.15, 0.2) is 5.69 Å². The lowest BCUT2D eigenvalue weighted by Gasteiger charge is -2.27. The molecule has 3 heterocycles. The number of amides is 1. The van der Waals surface area contributed by atoms with E-state index in [0.29, 0.717) is 30.0 Å². The van der Waals surface area contributed by atoms with Gasteiger partial charge in [0.05, 0.1) is 24.9 Å². The summed E-state index contributed by atoms with van der Waals surface area (Å²) >= 11 is 0. The largest absolute Gasteiger partial charge is 0.491 e. The monoisotopic (exact) mass is 478 g/mol. The second-order valence-electron chi connectivity index (χ2n) is 9.49. The highest BCUT2D eigenvalue weighted by molar-refractivity contribution is 5.92. The van der Waals surface area contributed by atoms with Gasteiger partial charge in [-0.25, -0.2) is 0 Å². The van der Waals surface area contributed by atoms with E-state index in [1.54, 1.807) is 18.2 Å². The van der Waals surface area contributed by atoms with Crippen molar-refractivity contribution < 1.29 is 27.4 Å². The summed E-state index contributed by atoms with van der Waals surface area (Å²) in [6.07, 6.45) is 0.141. The maximum Gasteiger partial charge on any atom is 0.411 e. The van der Waals surface area contributed by atoms with Gasteiger partial charge in [-0.1, -0.05) is 18.9 Å². The standard InChI is InChI=1S/C24H29F3N4O3/c25-24(26,27)15-33-13-17-3-4-22-18(9-17)10-19(14-34-22)28-23(32)21-11-20-12-30(6-5-16-1-2-16)7-8-31(20)29-21/h3-4,9,11,16,19H,1-2,5-8,10,12-15H2,(H,28,32)/t19-/m1/s1. The number of nitrogens with zero attached hydrogens (tertiary/aromatic N) is 3. The molecule has 0 radical (unpaired) electrons. The normalized spacial score (nSPS) is 20.4. The van der Waals surface area contributed by atoms with E-state index in [4.69, 9.17) is 9.47 Å². The number of hydrogen-bond donors (Lipinski definition) is 1. The number of nitrogens with one attached hydrogen (secondary N) is 1. The van der Waals surface area contributed by atoms with E-state index >= 15 is 0 Å². The Balaban J connectivity index is 1.15. The Hall–Kier alpha value is -2.59. The second-order valence-corrected chi connectivity index (χ2v) is 9.49. The van der Waals surface area contributed by atoms with Crippen LogP contribution in [0.5, 0.6) is 5.75 Å². The maximum absolute atomic E-state index is 12.9. The van der Waals surface area contributed by atoms with Crippen LogP contribution in [0.4, 0.5) is 13.2 Å². The number of fused-ring (bicyclic) bond motifs is 2. The van der Waals surface area contributed by atoms with Crippen molar-refractivity contribution in [2.75, 3.05) is 26.3 Å². The number of halogens is 3. The molecule has 1 N–H and O–H groups in total. The first-order valence-corrected chi connectivity index (χ1v) is 11.8. The molecule has 0 bridgehead atoms. The van der Waals surface area contributed by atoms with Crippen molar-refractivity contribution in [3.63, 3.8) is 0 Å². The van der Waals surface area contributed by atoms with Gasteiger partial charge in [-0.3, -0.25) is 14.4 Å². The first-order valence-electron chi connectivity index (χ1n) is 11.8. The van der Waals surface area contributed by atoms with Gasteiger partial charge in [0.2, 0.25) is 0 Å². The van der Waals surface area contributed by atoms with Crippen molar-refractivity contribution >= 4 is 5.91 Å². The highest BCUT2D eigenvalue weighted by Gasteiger charge is 2.28. The fraction of sp³-hybridized carbons (Fsp3) is 0.583. The number of hydrogen-bond acceptors (Lipinski definition) is 5. The quantitative estimate of drug-likeness (QED) is 0.631. The Kier molecular flexibility index (Phi) is 6.52. The van der Waals surface area contributed by atoms with Crippen LogP contribution in [0.2, 0.25) is 0 Å². The third-order valence-corrected chi connectivity index (χ3v) is 6.56. The molecule has 7 nitrogen and oxygen atoms in total. The number of ether oxygens (including phenoxy) is 2.